The monoisotopic (exact) mass is 293 g/mol. The molecule has 0 heterocycles. The molecule has 0 spiro atoms. The molecule has 0 aliphatic rings. The molecule has 116 valence electrons. The van der Waals surface area contributed by atoms with Crippen molar-refractivity contribution in [2.45, 2.75) is 45.7 Å². The standard InChI is InChI=1S/C16H23NO4/c1-10-5-6-12(11(2)7-10)15(21)13(8-14(19)20)17-16(3,4)9-18/h5-7,13,17-18H,8-9H2,1-4H3,(H,19,20). The smallest absolute Gasteiger partial charge is 0.305 e. The van der Waals surface area contributed by atoms with Gasteiger partial charge >= 0.3 is 5.97 Å². The van der Waals surface area contributed by atoms with Gasteiger partial charge in [-0.1, -0.05) is 23.8 Å². The van der Waals surface area contributed by atoms with Crippen molar-refractivity contribution in [2.75, 3.05) is 6.61 Å². The minimum absolute atomic E-state index is 0.191. The summed E-state index contributed by atoms with van der Waals surface area (Å²) in [4.78, 5) is 23.6. The number of Topliss-reactive ketones (excluding diaryl/α,β-unsaturated/α-hetero) is 1. The van der Waals surface area contributed by atoms with Crippen molar-refractivity contribution < 1.29 is 19.8 Å². The topological polar surface area (TPSA) is 86.6 Å². The summed E-state index contributed by atoms with van der Waals surface area (Å²) in [5.41, 5.74) is 1.64. The van der Waals surface area contributed by atoms with E-state index < -0.39 is 17.6 Å². The van der Waals surface area contributed by atoms with Gasteiger partial charge in [-0.15, -0.1) is 0 Å². The molecule has 3 N–H and O–H groups in total. The van der Waals surface area contributed by atoms with Crippen LogP contribution in [0.2, 0.25) is 0 Å². The molecule has 0 fully saturated rings. The number of hydrogen-bond donors (Lipinski definition) is 3. The highest BCUT2D eigenvalue weighted by Crippen LogP contribution is 2.16. The summed E-state index contributed by atoms with van der Waals surface area (Å²) in [5, 5.41) is 21.2. The molecule has 1 aromatic rings. The Bertz CT molecular complexity index is 537. The molecule has 0 aromatic heterocycles. The molecule has 21 heavy (non-hydrogen) atoms. The van der Waals surface area contributed by atoms with Crippen LogP contribution < -0.4 is 5.32 Å². The van der Waals surface area contributed by atoms with E-state index >= 15 is 0 Å². The molecule has 1 unspecified atom stereocenters. The van der Waals surface area contributed by atoms with E-state index in [0.717, 1.165) is 11.1 Å². The number of carboxylic acids is 1. The maximum atomic E-state index is 12.6. The third-order valence-corrected chi connectivity index (χ3v) is 3.30. The maximum Gasteiger partial charge on any atom is 0.305 e. The lowest BCUT2D eigenvalue weighted by molar-refractivity contribution is -0.137. The van der Waals surface area contributed by atoms with Gasteiger partial charge in [-0.3, -0.25) is 14.9 Å². The third kappa shape index (κ3) is 4.95. The Morgan fingerprint density at radius 1 is 1.29 bits per heavy atom. The number of carboxylic acid groups (broad SMARTS) is 1. The fraction of sp³-hybridized carbons (Fsp3) is 0.500. The minimum atomic E-state index is -1.06. The van der Waals surface area contributed by atoms with Crippen molar-refractivity contribution in [1.82, 2.24) is 5.32 Å². The van der Waals surface area contributed by atoms with Crippen molar-refractivity contribution in [2.24, 2.45) is 0 Å². The Morgan fingerprint density at radius 3 is 2.38 bits per heavy atom. The quantitative estimate of drug-likeness (QED) is 0.666. The number of aliphatic carboxylic acids is 1. The predicted octanol–water partition coefficient (Wildman–Crippen LogP) is 1.69. The third-order valence-electron chi connectivity index (χ3n) is 3.30. The lowest BCUT2D eigenvalue weighted by atomic mass is 9.94. The number of aliphatic hydroxyl groups excluding tert-OH is 1. The molecule has 1 aromatic carbocycles. The van der Waals surface area contributed by atoms with Crippen molar-refractivity contribution in [1.29, 1.82) is 0 Å². The molecular weight excluding hydrogens is 270 g/mol. The van der Waals surface area contributed by atoms with Crippen LogP contribution in [0.4, 0.5) is 0 Å². The summed E-state index contributed by atoms with van der Waals surface area (Å²) in [6, 6.07) is 4.57. The van der Waals surface area contributed by atoms with E-state index in [4.69, 9.17) is 5.11 Å². The number of aliphatic hydroxyl groups is 1. The van der Waals surface area contributed by atoms with Gasteiger partial charge in [-0.05, 0) is 33.3 Å². The summed E-state index contributed by atoms with van der Waals surface area (Å²) >= 11 is 0. The Hall–Kier alpha value is -1.72. The van der Waals surface area contributed by atoms with Gasteiger partial charge in [-0.2, -0.15) is 0 Å². The van der Waals surface area contributed by atoms with Crippen molar-refractivity contribution in [3.63, 3.8) is 0 Å². The van der Waals surface area contributed by atoms with Crippen molar-refractivity contribution in [3.8, 4) is 0 Å². The van der Waals surface area contributed by atoms with Crippen LogP contribution in [0, 0.1) is 13.8 Å². The average Bonchev–Trinajstić information content (AvgIpc) is 2.36. The lowest BCUT2D eigenvalue weighted by Crippen LogP contribution is -2.52. The minimum Gasteiger partial charge on any atom is -0.481 e. The zero-order valence-electron chi connectivity index (χ0n) is 12.9. The summed E-state index contributed by atoms with van der Waals surface area (Å²) < 4.78 is 0. The Kier molecular flexibility index (Phi) is 5.63. The number of aryl methyl sites for hydroxylation is 2. The normalized spacial score (nSPS) is 13.0. The number of hydrogen-bond acceptors (Lipinski definition) is 4. The van der Waals surface area contributed by atoms with Gasteiger partial charge in [0, 0.05) is 11.1 Å². The number of ketones is 1. The Morgan fingerprint density at radius 2 is 1.90 bits per heavy atom. The highest BCUT2D eigenvalue weighted by molar-refractivity contribution is 6.02. The number of benzene rings is 1. The first-order valence-electron chi connectivity index (χ1n) is 6.88. The molecule has 0 aliphatic carbocycles. The van der Waals surface area contributed by atoms with E-state index in [0.29, 0.717) is 5.56 Å². The fourth-order valence-corrected chi connectivity index (χ4v) is 2.18. The maximum absolute atomic E-state index is 12.6. The zero-order chi connectivity index (χ0) is 16.2. The van der Waals surface area contributed by atoms with Gasteiger partial charge in [0.25, 0.3) is 0 Å². The Labute approximate surface area is 125 Å². The summed E-state index contributed by atoms with van der Waals surface area (Å²) in [6.45, 7) is 7.01. The van der Waals surface area contributed by atoms with E-state index in [9.17, 15) is 14.7 Å². The molecule has 0 bridgehead atoms. The molecule has 5 heteroatoms. The second kappa shape index (κ2) is 6.83. The average molecular weight is 293 g/mol. The SMILES string of the molecule is Cc1ccc(C(=O)C(CC(=O)O)NC(C)(C)CO)c(C)c1. The highest BCUT2D eigenvalue weighted by Gasteiger charge is 2.29. The van der Waals surface area contributed by atoms with Crippen LogP contribution in [0.25, 0.3) is 0 Å². The first-order chi connectivity index (χ1) is 9.66. The molecule has 5 nitrogen and oxygen atoms in total. The summed E-state index contributed by atoms with van der Waals surface area (Å²) in [6.07, 6.45) is -0.324. The van der Waals surface area contributed by atoms with Crippen LogP contribution in [0.15, 0.2) is 18.2 Å². The molecule has 0 amide bonds. The number of rotatable bonds is 7. The zero-order valence-corrected chi connectivity index (χ0v) is 12.9. The van der Waals surface area contributed by atoms with Crippen molar-refractivity contribution in [3.05, 3.63) is 34.9 Å². The Balaban J connectivity index is 3.07. The van der Waals surface area contributed by atoms with Gasteiger partial charge < -0.3 is 10.2 Å². The molecule has 1 rings (SSSR count). The first-order valence-corrected chi connectivity index (χ1v) is 6.88. The number of nitrogens with one attached hydrogen (secondary N) is 1. The molecular formula is C16H23NO4. The fourth-order valence-electron chi connectivity index (χ4n) is 2.18. The largest absolute Gasteiger partial charge is 0.481 e. The number of carbonyl (C=O) groups is 2. The van der Waals surface area contributed by atoms with Gasteiger partial charge in [-0.25, -0.2) is 0 Å². The van der Waals surface area contributed by atoms with E-state index in [2.05, 4.69) is 5.32 Å². The molecule has 1 atom stereocenters. The van der Waals surface area contributed by atoms with Crippen LogP contribution in [-0.4, -0.2) is 40.2 Å². The van der Waals surface area contributed by atoms with E-state index in [-0.39, 0.29) is 18.8 Å². The van der Waals surface area contributed by atoms with Gasteiger partial charge in [0.15, 0.2) is 5.78 Å². The van der Waals surface area contributed by atoms with Gasteiger partial charge in [0.05, 0.1) is 19.1 Å². The number of carbonyl (C=O) groups excluding carboxylic acids is 1. The van der Waals surface area contributed by atoms with E-state index in [1.54, 1.807) is 19.9 Å². The summed E-state index contributed by atoms with van der Waals surface area (Å²) in [7, 11) is 0. The van der Waals surface area contributed by atoms with Crippen LogP contribution in [0.5, 0.6) is 0 Å². The van der Waals surface area contributed by atoms with E-state index in [1.165, 1.54) is 0 Å². The van der Waals surface area contributed by atoms with Gasteiger partial charge in [0.1, 0.15) is 0 Å². The van der Waals surface area contributed by atoms with Crippen LogP contribution in [-0.2, 0) is 4.79 Å². The van der Waals surface area contributed by atoms with E-state index in [1.807, 2.05) is 26.0 Å². The molecule has 0 radical (unpaired) electrons. The molecule has 0 saturated heterocycles. The summed E-state index contributed by atoms with van der Waals surface area (Å²) in [5.74, 6) is -1.32. The van der Waals surface area contributed by atoms with Crippen molar-refractivity contribution >= 4 is 11.8 Å². The lowest BCUT2D eigenvalue weighted by Gasteiger charge is -2.29. The first kappa shape index (κ1) is 17.3. The van der Waals surface area contributed by atoms with Crippen LogP contribution in [0.3, 0.4) is 0 Å². The second-order valence-corrected chi connectivity index (χ2v) is 6.02. The van der Waals surface area contributed by atoms with Crippen LogP contribution in [0.1, 0.15) is 41.8 Å². The molecule has 0 saturated carbocycles. The van der Waals surface area contributed by atoms with Gasteiger partial charge in [0.2, 0.25) is 0 Å². The second-order valence-electron chi connectivity index (χ2n) is 6.02. The van der Waals surface area contributed by atoms with Crippen LogP contribution >= 0.6 is 0 Å². The predicted molar refractivity (Wildman–Crippen MR) is 80.6 cm³/mol. The molecule has 0 aliphatic heterocycles. The highest BCUT2D eigenvalue weighted by atomic mass is 16.4.